The van der Waals surface area contributed by atoms with Gasteiger partial charge in [-0.15, -0.1) is 0 Å². The number of carbonyl (C=O) groups excluding carboxylic acids is 1. The van der Waals surface area contributed by atoms with Gasteiger partial charge in [0, 0.05) is 45.4 Å². The summed E-state index contributed by atoms with van der Waals surface area (Å²) in [4.78, 5) is 15.2. The van der Waals surface area contributed by atoms with Gasteiger partial charge in [0.2, 0.25) is 5.91 Å². The molecule has 2 aromatic rings. The Morgan fingerprint density at radius 3 is 2.43 bits per heavy atom. The maximum atomic E-state index is 13.2. The predicted octanol–water partition coefficient (Wildman–Crippen LogP) is 9.88. The van der Waals surface area contributed by atoms with Crippen molar-refractivity contribution >= 4 is 11.5 Å². The number of aliphatic hydroxyl groups excluding tert-OH is 1. The number of aliphatic hydroxyl groups is 1. The summed E-state index contributed by atoms with van der Waals surface area (Å²) in [6.45, 7) is 13.7. The van der Waals surface area contributed by atoms with Crippen LogP contribution in [-0.2, 0) is 33.7 Å². The van der Waals surface area contributed by atoms with Gasteiger partial charge in [-0.2, -0.15) is 0 Å². The van der Waals surface area contributed by atoms with Gasteiger partial charge in [0.15, 0.2) is 0 Å². The molecule has 0 bridgehead atoms. The molecule has 0 spiro atoms. The standard InChI is InChI=1S/C45H65NO5/c1-6-18-37-33-36(20-11-14-23-44(48)46(29-17-31-49-5)28-15-9-10-16-30-47)35(4)32-38(37)34-50-45(26-27-45)42(8-3)40(19-7-2)41-21-12-13-22-43(41)51-39-24-25-39/h7-8,12-13,19,21-22,32-33,39,47H,2,6,9-11,14-18,20,23-31,34H2,1,3-5H3/b40-19-,42-8+. The molecule has 0 aliphatic heterocycles. The number of methoxy groups -OCH3 is 1. The fraction of sp³-hybridized carbons (Fsp3) is 0.578. The van der Waals surface area contributed by atoms with E-state index in [1.54, 1.807) is 7.11 Å². The van der Waals surface area contributed by atoms with E-state index in [4.69, 9.17) is 19.3 Å². The highest BCUT2D eigenvalue weighted by molar-refractivity contribution is 5.85. The van der Waals surface area contributed by atoms with E-state index in [1.165, 1.54) is 27.8 Å². The summed E-state index contributed by atoms with van der Waals surface area (Å²) >= 11 is 0. The normalized spacial score (nSPS) is 15.5. The van der Waals surface area contributed by atoms with Crippen molar-refractivity contribution in [2.24, 2.45) is 0 Å². The van der Waals surface area contributed by atoms with Gasteiger partial charge >= 0.3 is 0 Å². The lowest BCUT2D eigenvalue weighted by Crippen LogP contribution is -2.33. The first-order valence-corrected chi connectivity index (χ1v) is 19.8. The van der Waals surface area contributed by atoms with Gasteiger partial charge in [0.25, 0.3) is 0 Å². The minimum atomic E-state index is -0.310. The van der Waals surface area contributed by atoms with Crippen molar-refractivity contribution in [3.05, 3.63) is 94.6 Å². The van der Waals surface area contributed by atoms with E-state index in [0.29, 0.717) is 25.7 Å². The summed E-state index contributed by atoms with van der Waals surface area (Å²) in [5.41, 5.74) is 8.50. The van der Waals surface area contributed by atoms with Crippen molar-refractivity contribution in [3.8, 4) is 5.75 Å². The number of carbonyl (C=O) groups is 1. The quantitative estimate of drug-likeness (QED) is 0.0782. The van der Waals surface area contributed by atoms with Crippen LogP contribution in [0.25, 0.3) is 5.57 Å². The largest absolute Gasteiger partial charge is 0.490 e. The molecular formula is C45H65NO5. The van der Waals surface area contributed by atoms with Crippen molar-refractivity contribution in [1.29, 1.82) is 0 Å². The Labute approximate surface area is 309 Å². The molecule has 0 radical (unpaired) electrons. The maximum absolute atomic E-state index is 13.2. The minimum absolute atomic E-state index is 0.242. The number of hydrogen-bond donors (Lipinski definition) is 1. The second-order valence-corrected chi connectivity index (χ2v) is 14.5. The van der Waals surface area contributed by atoms with Crippen LogP contribution in [0.1, 0.15) is 125 Å². The van der Waals surface area contributed by atoms with Crippen LogP contribution >= 0.6 is 0 Å². The van der Waals surface area contributed by atoms with Crippen LogP contribution in [0.2, 0.25) is 0 Å². The topological polar surface area (TPSA) is 68.2 Å². The summed E-state index contributed by atoms with van der Waals surface area (Å²) in [6.07, 6.45) is 21.1. The fourth-order valence-corrected chi connectivity index (χ4v) is 7.13. The van der Waals surface area contributed by atoms with Crippen molar-refractivity contribution < 1.29 is 24.1 Å². The SMILES string of the molecule is C=C/C=C(\C(=C/C)C1(OCc2cc(C)c(CCCCC(=O)N(CCCCCCO)CCCOC)cc2CCC)CC1)c1ccccc1OC1CC1. The molecule has 0 heterocycles. The van der Waals surface area contributed by atoms with Gasteiger partial charge in [-0.25, -0.2) is 0 Å². The maximum Gasteiger partial charge on any atom is 0.222 e. The number of amides is 1. The molecule has 6 heteroatoms. The summed E-state index contributed by atoms with van der Waals surface area (Å²) in [7, 11) is 1.71. The number of nitrogens with zero attached hydrogens (tertiary/aromatic N) is 1. The number of ether oxygens (including phenoxy) is 3. The lowest BCUT2D eigenvalue weighted by molar-refractivity contribution is -0.131. The number of aryl methyl sites for hydroxylation is 3. The monoisotopic (exact) mass is 699 g/mol. The molecule has 2 aliphatic rings. The van der Waals surface area contributed by atoms with Crippen molar-refractivity contribution in [2.45, 2.75) is 135 Å². The van der Waals surface area contributed by atoms with Crippen molar-refractivity contribution in [2.75, 3.05) is 33.4 Å². The third kappa shape index (κ3) is 12.5. The molecule has 280 valence electrons. The molecule has 0 saturated heterocycles. The first-order chi connectivity index (χ1) is 24.9. The van der Waals surface area contributed by atoms with E-state index in [2.05, 4.69) is 75.9 Å². The third-order valence-corrected chi connectivity index (χ3v) is 10.3. The van der Waals surface area contributed by atoms with Gasteiger partial charge in [-0.3, -0.25) is 4.79 Å². The van der Waals surface area contributed by atoms with Crippen molar-refractivity contribution in [3.63, 3.8) is 0 Å². The highest BCUT2D eigenvalue weighted by Crippen LogP contribution is 2.52. The highest BCUT2D eigenvalue weighted by Gasteiger charge is 2.48. The van der Waals surface area contributed by atoms with Gasteiger partial charge in [0.1, 0.15) is 5.75 Å². The fourth-order valence-electron chi connectivity index (χ4n) is 7.13. The Kier molecular flexibility index (Phi) is 17.0. The van der Waals surface area contributed by atoms with Crippen LogP contribution in [0.3, 0.4) is 0 Å². The average molecular weight is 700 g/mol. The Morgan fingerprint density at radius 2 is 1.75 bits per heavy atom. The third-order valence-electron chi connectivity index (χ3n) is 10.3. The summed E-state index contributed by atoms with van der Waals surface area (Å²) in [5, 5.41) is 9.06. The van der Waals surface area contributed by atoms with E-state index < -0.39 is 0 Å². The van der Waals surface area contributed by atoms with Crippen LogP contribution in [-0.4, -0.2) is 61.0 Å². The second kappa shape index (κ2) is 21.4. The summed E-state index contributed by atoms with van der Waals surface area (Å²) in [6, 6.07) is 13.1. The van der Waals surface area contributed by atoms with Gasteiger partial charge < -0.3 is 24.2 Å². The molecule has 2 fully saturated rings. The smallest absolute Gasteiger partial charge is 0.222 e. The zero-order valence-corrected chi connectivity index (χ0v) is 32.2. The summed E-state index contributed by atoms with van der Waals surface area (Å²) in [5.74, 6) is 1.19. The molecule has 4 rings (SSSR count). The molecule has 2 saturated carbocycles. The molecular weight excluding hydrogens is 634 g/mol. The van der Waals surface area contributed by atoms with E-state index >= 15 is 0 Å². The van der Waals surface area contributed by atoms with Gasteiger partial charge in [-0.1, -0.05) is 81.3 Å². The molecule has 51 heavy (non-hydrogen) atoms. The van der Waals surface area contributed by atoms with Gasteiger partial charge in [-0.05, 0) is 124 Å². The Morgan fingerprint density at radius 1 is 0.980 bits per heavy atom. The lowest BCUT2D eigenvalue weighted by Gasteiger charge is -2.25. The average Bonchev–Trinajstić information content (AvgIpc) is 4.08. The van der Waals surface area contributed by atoms with Crippen molar-refractivity contribution in [1.82, 2.24) is 4.90 Å². The first-order valence-electron chi connectivity index (χ1n) is 19.8. The number of allylic oxidation sites excluding steroid dienone is 3. The molecule has 6 nitrogen and oxygen atoms in total. The summed E-state index contributed by atoms with van der Waals surface area (Å²) < 4.78 is 18.5. The van der Waals surface area contributed by atoms with Crippen LogP contribution in [0, 0.1) is 6.92 Å². The number of para-hydroxylation sites is 1. The number of unbranched alkanes of at least 4 members (excludes halogenated alkanes) is 4. The van der Waals surface area contributed by atoms with E-state index in [1.807, 2.05) is 11.0 Å². The highest BCUT2D eigenvalue weighted by atomic mass is 16.5. The number of benzene rings is 2. The molecule has 2 aromatic carbocycles. The van der Waals surface area contributed by atoms with Crippen LogP contribution in [0.4, 0.5) is 0 Å². The lowest BCUT2D eigenvalue weighted by atomic mass is 9.90. The molecule has 2 aliphatic carbocycles. The zero-order chi connectivity index (χ0) is 36.5. The van der Waals surface area contributed by atoms with Crippen LogP contribution < -0.4 is 4.74 Å². The molecule has 1 amide bonds. The first kappa shape index (κ1) is 40.6. The molecule has 0 unspecified atom stereocenters. The zero-order valence-electron chi connectivity index (χ0n) is 32.2. The minimum Gasteiger partial charge on any atom is -0.490 e. The Hall–Kier alpha value is -3.19. The van der Waals surface area contributed by atoms with E-state index in [0.717, 1.165) is 120 Å². The Bertz CT molecular complexity index is 1450. The van der Waals surface area contributed by atoms with Crippen LogP contribution in [0.5, 0.6) is 5.75 Å². The predicted molar refractivity (Wildman–Crippen MR) is 210 cm³/mol. The van der Waals surface area contributed by atoms with E-state index in [9.17, 15) is 4.79 Å². The van der Waals surface area contributed by atoms with Gasteiger partial charge in [0.05, 0.1) is 18.3 Å². The molecule has 0 atom stereocenters. The van der Waals surface area contributed by atoms with E-state index in [-0.39, 0.29) is 18.1 Å². The molecule has 0 aromatic heterocycles. The Balaban J connectivity index is 1.37. The van der Waals surface area contributed by atoms with Crippen LogP contribution in [0.15, 0.2) is 66.8 Å². The number of hydrogen-bond acceptors (Lipinski definition) is 5. The molecule has 1 N–H and O–H groups in total. The second-order valence-electron chi connectivity index (χ2n) is 14.5. The number of rotatable bonds is 26.